The van der Waals surface area contributed by atoms with Crippen LogP contribution in [-0.2, 0) is 14.4 Å². The van der Waals surface area contributed by atoms with Gasteiger partial charge < -0.3 is 10.2 Å². The fraction of sp³-hybridized carbons (Fsp3) is 0.524. The molecule has 1 aromatic rings. The van der Waals surface area contributed by atoms with Crippen LogP contribution >= 0.6 is 0 Å². The van der Waals surface area contributed by atoms with E-state index in [2.05, 4.69) is 29.3 Å². The van der Waals surface area contributed by atoms with Gasteiger partial charge in [0.1, 0.15) is 5.92 Å². The molecule has 3 N–H and O–H groups in total. The average Bonchev–Trinajstić information content (AvgIpc) is 2.68. The Hall–Kier alpha value is -2.90. The van der Waals surface area contributed by atoms with Crippen LogP contribution in [0.2, 0.25) is 0 Å². The fourth-order valence-corrected chi connectivity index (χ4v) is 3.72. The van der Waals surface area contributed by atoms with E-state index in [0.717, 1.165) is 24.6 Å². The molecule has 0 spiro atoms. The third kappa shape index (κ3) is 5.34. The molecule has 0 unspecified atom stereocenters. The number of urea groups is 1. The zero-order valence-electron chi connectivity index (χ0n) is 16.9. The van der Waals surface area contributed by atoms with Crippen LogP contribution in [0.1, 0.15) is 51.1 Å². The maximum Gasteiger partial charge on any atom is 0.328 e. The van der Waals surface area contributed by atoms with Gasteiger partial charge in [-0.15, -0.1) is 0 Å². The molecule has 8 heteroatoms. The molecule has 156 valence electrons. The van der Waals surface area contributed by atoms with Crippen molar-refractivity contribution in [1.29, 1.82) is 0 Å². The molecule has 2 heterocycles. The number of barbiturate groups is 1. The maximum absolute atomic E-state index is 12.2. The van der Waals surface area contributed by atoms with Gasteiger partial charge in [-0.05, 0) is 49.8 Å². The van der Waals surface area contributed by atoms with Crippen LogP contribution in [0.25, 0.3) is 0 Å². The highest BCUT2D eigenvalue weighted by atomic mass is 16.2. The predicted octanol–water partition coefficient (Wildman–Crippen LogP) is 1.86. The molecule has 3 rings (SSSR count). The first-order chi connectivity index (χ1) is 13.8. The summed E-state index contributed by atoms with van der Waals surface area (Å²) in [5.74, 6) is -1.82. The Morgan fingerprint density at radius 1 is 1.10 bits per heavy atom. The largest absolute Gasteiger partial charge is 0.372 e. The molecular formula is C21H28N4O4. The minimum Gasteiger partial charge on any atom is -0.372 e. The zero-order valence-corrected chi connectivity index (χ0v) is 16.9. The molecule has 5 amide bonds. The van der Waals surface area contributed by atoms with E-state index in [1.807, 2.05) is 29.7 Å². The van der Waals surface area contributed by atoms with Gasteiger partial charge in [0.2, 0.25) is 17.7 Å². The molecule has 29 heavy (non-hydrogen) atoms. The molecule has 0 bridgehead atoms. The highest BCUT2D eigenvalue weighted by Gasteiger charge is 2.34. The Bertz CT molecular complexity index is 764. The number of amides is 5. The number of piperidine rings is 1. The summed E-state index contributed by atoms with van der Waals surface area (Å²) in [5, 5.41) is 6.97. The van der Waals surface area contributed by atoms with E-state index in [0.29, 0.717) is 0 Å². The second-order valence-corrected chi connectivity index (χ2v) is 7.95. The lowest BCUT2D eigenvalue weighted by molar-refractivity contribution is -0.136. The minimum absolute atomic E-state index is 0.0219. The van der Waals surface area contributed by atoms with Crippen molar-refractivity contribution in [2.24, 2.45) is 11.8 Å². The van der Waals surface area contributed by atoms with Crippen LogP contribution in [0.4, 0.5) is 10.5 Å². The smallest absolute Gasteiger partial charge is 0.328 e. The van der Waals surface area contributed by atoms with Crippen molar-refractivity contribution in [3.8, 4) is 0 Å². The monoisotopic (exact) mass is 400 g/mol. The Morgan fingerprint density at radius 3 is 2.28 bits per heavy atom. The van der Waals surface area contributed by atoms with Crippen molar-refractivity contribution in [2.45, 2.75) is 45.6 Å². The molecular weight excluding hydrogens is 372 g/mol. The number of anilines is 1. The minimum atomic E-state index is -1.03. The van der Waals surface area contributed by atoms with Gasteiger partial charge in [0.25, 0.3) is 0 Å². The third-order valence-electron chi connectivity index (χ3n) is 5.69. The van der Waals surface area contributed by atoms with Gasteiger partial charge in [-0.25, -0.2) is 4.79 Å². The van der Waals surface area contributed by atoms with Gasteiger partial charge in [-0.3, -0.25) is 25.0 Å². The van der Waals surface area contributed by atoms with Crippen LogP contribution < -0.4 is 20.9 Å². The Morgan fingerprint density at radius 2 is 1.69 bits per heavy atom. The standard InChI is InChI=1S/C21H28N4O4/c1-13-9-11-25(12-10-13)16-5-3-15(4-6-16)14(2)22-18(26)8-7-17-19(27)23-21(29)24-20(17)28/h3-6,13-14,17H,7-12H2,1-2H3,(H,22,26)(H2,23,24,27,28,29)/t14-/m0/s1. The van der Waals surface area contributed by atoms with Crippen LogP contribution in [-0.4, -0.2) is 36.8 Å². The summed E-state index contributed by atoms with van der Waals surface area (Å²) in [6.07, 6.45) is 2.49. The zero-order chi connectivity index (χ0) is 21.0. The maximum atomic E-state index is 12.2. The molecule has 0 aromatic heterocycles. The van der Waals surface area contributed by atoms with Crippen molar-refractivity contribution >= 4 is 29.4 Å². The summed E-state index contributed by atoms with van der Waals surface area (Å²) in [6.45, 7) is 6.33. The SMILES string of the molecule is CC1CCN(c2ccc([C@H](C)NC(=O)CCC3C(=O)NC(=O)NC3=O)cc2)CC1. The fourth-order valence-electron chi connectivity index (χ4n) is 3.72. The molecule has 2 fully saturated rings. The second-order valence-electron chi connectivity index (χ2n) is 7.95. The molecule has 2 saturated heterocycles. The third-order valence-corrected chi connectivity index (χ3v) is 5.69. The van der Waals surface area contributed by atoms with Gasteiger partial charge >= 0.3 is 6.03 Å². The molecule has 2 aliphatic rings. The predicted molar refractivity (Wildman–Crippen MR) is 108 cm³/mol. The van der Waals surface area contributed by atoms with Crippen LogP contribution in [0.15, 0.2) is 24.3 Å². The van der Waals surface area contributed by atoms with E-state index in [9.17, 15) is 19.2 Å². The Labute approximate surface area is 170 Å². The first kappa shape index (κ1) is 20.8. The summed E-state index contributed by atoms with van der Waals surface area (Å²) in [7, 11) is 0. The Kier molecular flexibility index (Phi) is 6.51. The van der Waals surface area contributed by atoms with Crippen molar-refractivity contribution in [3.63, 3.8) is 0 Å². The van der Waals surface area contributed by atoms with E-state index in [1.165, 1.54) is 18.5 Å². The lowest BCUT2D eigenvalue weighted by Crippen LogP contribution is -2.55. The quantitative estimate of drug-likeness (QED) is 0.632. The number of rotatable bonds is 6. The van der Waals surface area contributed by atoms with Gasteiger partial charge in [0.05, 0.1) is 6.04 Å². The summed E-state index contributed by atoms with van der Waals surface area (Å²) >= 11 is 0. The number of carbonyl (C=O) groups is 4. The second kappa shape index (κ2) is 9.07. The molecule has 0 saturated carbocycles. The number of carbonyl (C=O) groups excluding carboxylic acids is 4. The number of hydrogen-bond donors (Lipinski definition) is 3. The van der Waals surface area contributed by atoms with Crippen molar-refractivity contribution in [3.05, 3.63) is 29.8 Å². The van der Waals surface area contributed by atoms with E-state index in [1.54, 1.807) is 0 Å². The first-order valence-corrected chi connectivity index (χ1v) is 10.1. The number of imide groups is 2. The topological polar surface area (TPSA) is 108 Å². The van der Waals surface area contributed by atoms with Gasteiger partial charge in [0.15, 0.2) is 0 Å². The molecule has 8 nitrogen and oxygen atoms in total. The van der Waals surface area contributed by atoms with E-state index < -0.39 is 23.8 Å². The number of nitrogens with zero attached hydrogens (tertiary/aromatic N) is 1. The van der Waals surface area contributed by atoms with Gasteiger partial charge in [0, 0.05) is 25.2 Å². The lowest BCUT2D eigenvalue weighted by Gasteiger charge is -2.32. The molecule has 0 aliphatic carbocycles. The van der Waals surface area contributed by atoms with Crippen LogP contribution in [0.5, 0.6) is 0 Å². The van der Waals surface area contributed by atoms with Crippen LogP contribution in [0.3, 0.4) is 0 Å². The summed E-state index contributed by atoms with van der Waals surface area (Å²) in [4.78, 5) is 49.1. The summed E-state index contributed by atoms with van der Waals surface area (Å²) in [5.41, 5.74) is 2.19. The highest BCUT2D eigenvalue weighted by Crippen LogP contribution is 2.24. The molecule has 1 aromatic carbocycles. The average molecular weight is 400 g/mol. The lowest BCUT2D eigenvalue weighted by atomic mass is 9.98. The number of hydrogen-bond acceptors (Lipinski definition) is 5. The van der Waals surface area contributed by atoms with Crippen molar-refractivity contribution in [2.75, 3.05) is 18.0 Å². The molecule has 1 atom stereocenters. The van der Waals surface area contributed by atoms with E-state index in [4.69, 9.17) is 0 Å². The number of nitrogens with one attached hydrogen (secondary N) is 3. The number of benzene rings is 1. The molecule has 0 radical (unpaired) electrons. The summed E-state index contributed by atoms with van der Waals surface area (Å²) in [6, 6.07) is 7.20. The Balaban J connectivity index is 1.48. The first-order valence-electron chi connectivity index (χ1n) is 10.1. The van der Waals surface area contributed by atoms with Crippen molar-refractivity contribution < 1.29 is 19.2 Å². The van der Waals surface area contributed by atoms with E-state index >= 15 is 0 Å². The van der Waals surface area contributed by atoms with Crippen LogP contribution in [0, 0.1) is 11.8 Å². The summed E-state index contributed by atoms with van der Waals surface area (Å²) < 4.78 is 0. The molecule has 2 aliphatic heterocycles. The van der Waals surface area contributed by atoms with Gasteiger partial charge in [-0.1, -0.05) is 19.1 Å². The van der Waals surface area contributed by atoms with E-state index in [-0.39, 0.29) is 24.8 Å². The highest BCUT2D eigenvalue weighted by molar-refractivity contribution is 6.16. The normalized spacial score (nSPS) is 19.5. The van der Waals surface area contributed by atoms with Crippen molar-refractivity contribution in [1.82, 2.24) is 16.0 Å². The van der Waals surface area contributed by atoms with Gasteiger partial charge in [-0.2, -0.15) is 0 Å².